The molecule has 5 rings (SSSR count). The van der Waals surface area contributed by atoms with Crippen LogP contribution in [0.2, 0.25) is 0 Å². The summed E-state index contributed by atoms with van der Waals surface area (Å²) in [5, 5.41) is 0.147. The number of para-hydroxylation sites is 1. The lowest BCUT2D eigenvalue weighted by Crippen LogP contribution is -2.54. The quantitative estimate of drug-likeness (QED) is 0.295. The molecular weight excluding hydrogens is 595 g/mol. The second-order valence-electron chi connectivity index (χ2n) is 10.7. The topological polar surface area (TPSA) is 95.8 Å². The number of carbonyl (C=O) groups excluding carboxylic acids is 1. The van der Waals surface area contributed by atoms with E-state index < -0.39 is 44.3 Å². The van der Waals surface area contributed by atoms with Crippen molar-refractivity contribution in [2.45, 2.75) is 19.9 Å². The molecule has 0 bridgehead atoms. The summed E-state index contributed by atoms with van der Waals surface area (Å²) < 4.78 is 73.0. The lowest BCUT2D eigenvalue weighted by molar-refractivity contribution is -0.126. The molecule has 0 radical (unpaired) electrons. The zero-order valence-electron chi connectivity index (χ0n) is 24.5. The van der Waals surface area contributed by atoms with Gasteiger partial charge in [-0.15, -0.1) is 0 Å². The smallest absolute Gasteiger partial charge is 0.350 e. The number of carbonyl (C=O) groups is 1. The van der Waals surface area contributed by atoms with Gasteiger partial charge in [-0.05, 0) is 55.8 Å². The van der Waals surface area contributed by atoms with Gasteiger partial charge < -0.3 is 9.80 Å². The van der Waals surface area contributed by atoms with Gasteiger partial charge in [0.1, 0.15) is 23.3 Å². The highest BCUT2D eigenvalue weighted by Gasteiger charge is 2.31. The second-order valence-corrected chi connectivity index (χ2v) is 12.7. The van der Waals surface area contributed by atoms with Crippen LogP contribution in [-0.4, -0.2) is 67.8 Å². The van der Waals surface area contributed by atoms with Crippen LogP contribution in [0.4, 0.5) is 24.7 Å². The molecule has 230 valence electrons. The fourth-order valence-corrected chi connectivity index (χ4v) is 6.08. The first-order valence-corrected chi connectivity index (χ1v) is 15.5. The number of hydrogen-bond acceptors (Lipinski definition) is 6. The number of halogens is 3. The number of anilines is 2. The summed E-state index contributed by atoms with van der Waals surface area (Å²) in [4.78, 5) is 34.0. The molecule has 4 aromatic rings. The van der Waals surface area contributed by atoms with Crippen molar-refractivity contribution < 1.29 is 26.4 Å². The molecule has 9 nitrogen and oxygen atoms in total. The Bertz CT molecular complexity index is 1980. The predicted molar refractivity (Wildman–Crippen MR) is 164 cm³/mol. The van der Waals surface area contributed by atoms with E-state index in [9.17, 15) is 26.8 Å². The molecule has 0 unspecified atom stereocenters. The molecule has 1 fully saturated rings. The Morgan fingerprint density at radius 1 is 1.07 bits per heavy atom. The number of hydrogen-bond donors (Lipinski definition) is 0. The van der Waals surface area contributed by atoms with Gasteiger partial charge in [-0.3, -0.25) is 13.7 Å². The minimum atomic E-state index is -3.79. The Morgan fingerprint density at radius 3 is 2.34 bits per heavy atom. The van der Waals surface area contributed by atoms with Crippen LogP contribution >= 0.6 is 0 Å². The van der Waals surface area contributed by atoms with Crippen LogP contribution in [0.15, 0.2) is 66.0 Å². The minimum absolute atomic E-state index is 0.0494. The van der Waals surface area contributed by atoms with E-state index in [0.717, 1.165) is 39.4 Å². The monoisotopic (exact) mass is 625 g/mol. The number of aryl methyl sites for hydroxylation is 1. The van der Waals surface area contributed by atoms with Gasteiger partial charge in [0, 0.05) is 43.7 Å². The van der Waals surface area contributed by atoms with Crippen molar-refractivity contribution in [3.05, 3.63) is 94.7 Å². The Kier molecular flexibility index (Phi) is 8.02. The number of rotatable bonds is 6. The van der Waals surface area contributed by atoms with E-state index in [-0.39, 0.29) is 59.7 Å². The van der Waals surface area contributed by atoms with Crippen LogP contribution in [-0.2, 0) is 14.8 Å². The number of fused-ring (bicyclic) bond motifs is 1. The van der Waals surface area contributed by atoms with E-state index in [2.05, 4.69) is 11.6 Å². The van der Waals surface area contributed by atoms with Crippen LogP contribution in [0.3, 0.4) is 0 Å². The molecule has 1 aromatic heterocycles. The standard InChI is InChI=1S/C31H30F3N5O4S/c1-6-27(40)37-13-14-38(19(3)17-37)30-21-15-24(34)20(28-22(32)10-8-11-23(28)33)16-26(21)39(31(41)35-30)29-18(2)9-7-12-25(29)36(4)44(5,42)43/h6-12,15-16,19H,1,13-14,17H2,2-5H3/t19-/m0/s1. The highest BCUT2D eigenvalue weighted by atomic mass is 32.2. The average molecular weight is 626 g/mol. The molecule has 13 heteroatoms. The van der Waals surface area contributed by atoms with Gasteiger partial charge >= 0.3 is 5.69 Å². The lowest BCUT2D eigenvalue weighted by atomic mass is 10.0. The van der Waals surface area contributed by atoms with Crippen molar-refractivity contribution in [3.8, 4) is 16.8 Å². The molecule has 0 spiro atoms. The molecule has 1 saturated heterocycles. The van der Waals surface area contributed by atoms with E-state index in [4.69, 9.17) is 0 Å². The zero-order chi connectivity index (χ0) is 32.1. The summed E-state index contributed by atoms with van der Waals surface area (Å²) in [6.45, 7) is 7.83. The maximum Gasteiger partial charge on any atom is 0.354 e. The van der Waals surface area contributed by atoms with Crippen molar-refractivity contribution in [1.82, 2.24) is 14.5 Å². The molecule has 1 aliphatic rings. The van der Waals surface area contributed by atoms with Crippen molar-refractivity contribution in [1.29, 1.82) is 0 Å². The number of sulfonamides is 1. The molecule has 0 N–H and O–H groups in total. The molecule has 0 aliphatic carbocycles. The first-order valence-electron chi connectivity index (χ1n) is 13.7. The normalized spacial score (nSPS) is 15.5. The zero-order valence-corrected chi connectivity index (χ0v) is 25.3. The Morgan fingerprint density at radius 2 is 1.73 bits per heavy atom. The highest BCUT2D eigenvalue weighted by Crippen LogP contribution is 2.37. The Balaban J connectivity index is 1.86. The largest absolute Gasteiger partial charge is 0.354 e. The van der Waals surface area contributed by atoms with Crippen LogP contribution in [0, 0.1) is 24.4 Å². The van der Waals surface area contributed by atoms with E-state index in [1.165, 1.54) is 25.3 Å². The first kappa shape index (κ1) is 30.8. The van der Waals surface area contributed by atoms with Gasteiger partial charge in [-0.25, -0.2) is 26.4 Å². The summed E-state index contributed by atoms with van der Waals surface area (Å²) in [5.74, 6) is -3.10. The first-order chi connectivity index (χ1) is 20.7. The predicted octanol–water partition coefficient (Wildman–Crippen LogP) is 4.40. The maximum absolute atomic E-state index is 15.9. The van der Waals surface area contributed by atoms with Gasteiger partial charge in [0.05, 0.1) is 28.7 Å². The number of nitrogens with zero attached hydrogens (tertiary/aromatic N) is 5. The van der Waals surface area contributed by atoms with Crippen molar-refractivity contribution in [2.75, 3.05) is 42.1 Å². The average Bonchev–Trinajstić information content (AvgIpc) is 2.96. The number of benzene rings is 3. The summed E-state index contributed by atoms with van der Waals surface area (Å²) in [7, 11) is -2.47. The molecule has 0 saturated carbocycles. The minimum Gasteiger partial charge on any atom is -0.350 e. The lowest BCUT2D eigenvalue weighted by Gasteiger charge is -2.40. The molecular formula is C31H30F3N5O4S. The van der Waals surface area contributed by atoms with Gasteiger partial charge in [0.15, 0.2) is 0 Å². The third-order valence-corrected chi connectivity index (χ3v) is 9.05. The summed E-state index contributed by atoms with van der Waals surface area (Å²) in [6, 6.07) is 9.85. The van der Waals surface area contributed by atoms with Gasteiger partial charge in [-0.1, -0.05) is 24.8 Å². The number of amides is 1. The maximum atomic E-state index is 15.9. The Labute approximate surface area is 252 Å². The summed E-state index contributed by atoms with van der Waals surface area (Å²) >= 11 is 0. The second kappa shape index (κ2) is 11.5. The van der Waals surface area contributed by atoms with E-state index in [0.29, 0.717) is 5.56 Å². The van der Waals surface area contributed by atoms with E-state index in [1.54, 1.807) is 28.9 Å². The van der Waals surface area contributed by atoms with Gasteiger partial charge in [0.2, 0.25) is 15.9 Å². The SMILES string of the molecule is C=CC(=O)N1CCN(c2nc(=O)n(-c3c(C)cccc3N(C)S(C)(=O)=O)c3cc(-c4c(F)cccc4F)c(F)cc23)[C@@H](C)C1. The van der Waals surface area contributed by atoms with Crippen LogP contribution in [0.1, 0.15) is 12.5 Å². The molecule has 1 aliphatic heterocycles. The number of piperazine rings is 1. The highest BCUT2D eigenvalue weighted by molar-refractivity contribution is 7.92. The van der Waals surface area contributed by atoms with Crippen molar-refractivity contribution >= 4 is 38.3 Å². The third kappa shape index (κ3) is 5.32. The van der Waals surface area contributed by atoms with Gasteiger partial charge in [-0.2, -0.15) is 4.98 Å². The fourth-order valence-electron chi connectivity index (χ4n) is 5.58. The summed E-state index contributed by atoms with van der Waals surface area (Å²) in [5.41, 5.74) is -1.05. The molecule has 44 heavy (non-hydrogen) atoms. The van der Waals surface area contributed by atoms with E-state index in [1.807, 2.05) is 6.92 Å². The molecule has 1 amide bonds. The summed E-state index contributed by atoms with van der Waals surface area (Å²) in [6.07, 6.45) is 2.22. The van der Waals surface area contributed by atoms with Crippen LogP contribution in [0.25, 0.3) is 27.7 Å². The molecule has 1 atom stereocenters. The van der Waals surface area contributed by atoms with Crippen molar-refractivity contribution in [3.63, 3.8) is 0 Å². The van der Waals surface area contributed by atoms with Crippen LogP contribution < -0.4 is 14.9 Å². The third-order valence-electron chi connectivity index (χ3n) is 7.85. The fraction of sp³-hybridized carbons (Fsp3) is 0.258. The van der Waals surface area contributed by atoms with Gasteiger partial charge in [0.25, 0.3) is 0 Å². The van der Waals surface area contributed by atoms with E-state index >= 15 is 4.39 Å². The molecule has 3 aromatic carbocycles. The van der Waals surface area contributed by atoms with Crippen molar-refractivity contribution in [2.24, 2.45) is 0 Å². The molecule has 2 heterocycles. The Hall–Kier alpha value is -4.65. The number of aromatic nitrogens is 2. The van der Waals surface area contributed by atoms with Crippen LogP contribution in [0.5, 0.6) is 0 Å².